The lowest BCUT2D eigenvalue weighted by molar-refractivity contribution is -0.137. The second kappa shape index (κ2) is 7.84. The van der Waals surface area contributed by atoms with Gasteiger partial charge in [0.25, 0.3) is 5.91 Å². The van der Waals surface area contributed by atoms with Crippen LogP contribution in [0.15, 0.2) is 60.3 Å². The number of carbonyl (C=O) groups excluding carboxylic acids is 1. The number of amides is 1. The zero-order valence-corrected chi connectivity index (χ0v) is 15.8. The third-order valence-electron chi connectivity index (χ3n) is 4.44. The van der Waals surface area contributed by atoms with Gasteiger partial charge in [-0.15, -0.1) is 0 Å². The smallest absolute Gasteiger partial charge is 0.344 e. The van der Waals surface area contributed by atoms with Gasteiger partial charge in [-0.3, -0.25) is 4.79 Å². The van der Waals surface area contributed by atoms with Gasteiger partial charge in [-0.1, -0.05) is 24.3 Å². The van der Waals surface area contributed by atoms with Crippen molar-refractivity contribution in [2.75, 3.05) is 5.32 Å². The van der Waals surface area contributed by atoms with Crippen LogP contribution in [0.3, 0.4) is 0 Å². The number of hydrogen-bond acceptors (Lipinski definition) is 2. The van der Waals surface area contributed by atoms with Gasteiger partial charge in [0.2, 0.25) is 0 Å². The molecule has 0 aliphatic heterocycles. The summed E-state index contributed by atoms with van der Waals surface area (Å²) in [6.45, 7) is 4.04. The molecule has 1 amide bonds. The fraction of sp³-hybridized carbons (Fsp3) is 0.182. The number of rotatable bonds is 4. The van der Waals surface area contributed by atoms with Crippen LogP contribution in [0.1, 0.15) is 31.0 Å². The monoisotopic (exact) mass is 397 g/mol. The van der Waals surface area contributed by atoms with Crippen molar-refractivity contribution in [1.29, 1.82) is 5.26 Å². The van der Waals surface area contributed by atoms with E-state index in [1.807, 2.05) is 54.9 Å². The van der Waals surface area contributed by atoms with Gasteiger partial charge in [0.1, 0.15) is 11.6 Å². The van der Waals surface area contributed by atoms with Crippen LogP contribution in [-0.4, -0.2) is 10.5 Å². The summed E-state index contributed by atoms with van der Waals surface area (Å²) in [5, 5.41) is 12.7. The summed E-state index contributed by atoms with van der Waals surface area (Å²) < 4.78 is 40.6. The van der Waals surface area contributed by atoms with Crippen LogP contribution in [0, 0.1) is 11.3 Å². The maximum atomic E-state index is 12.9. The maximum absolute atomic E-state index is 12.9. The van der Waals surface area contributed by atoms with Crippen molar-refractivity contribution >= 4 is 28.6 Å². The molecule has 0 radical (unpaired) electrons. The molecule has 3 aromatic rings. The summed E-state index contributed by atoms with van der Waals surface area (Å²) in [4.78, 5) is 12.5. The Morgan fingerprint density at radius 2 is 1.90 bits per heavy atom. The van der Waals surface area contributed by atoms with Crippen LogP contribution >= 0.6 is 0 Å². The Kier molecular flexibility index (Phi) is 5.46. The predicted octanol–water partition coefficient (Wildman–Crippen LogP) is 5.79. The number of anilines is 1. The second-order valence-electron chi connectivity index (χ2n) is 6.81. The minimum absolute atomic E-state index is 0.0319. The quantitative estimate of drug-likeness (QED) is 0.448. The Balaban J connectivity index is 1.95. The first kappa shape index (κ1) is 20.2. The third kappa shape index (κ3) is 4.32. The molecule has 0 bridgehead atoms. The SMILES string of the molecule is CC(C)n1cc(/C=C(/C#N)C(=O)Nc2cccc(C(F)(F)F)c2)c2ccccc21. The molecule has 0 unspecified atom stereocenters. The molecule has 0 saturated heterocycles. The number of fused-ring (bicyclic) bond motifs is 1. The Labute approximate surface area is 165 Å². The van der Waals surface area contributed by atoms with Gasteiger partial charge in [-0.2, -0.15) is 18.4 Å². The van der Waals surface area contributed by atoms with Crippen molar-refractivity contribution in [3.05, 3.63) is 71.4 Å². The summed E-state index contributed by atoms with van der Waals surface area (Å²) in [7, 11) is 0. The summed E-state index contributed by atoms with van der Waals surface area (Å²) in [5.41, 5.74) is 0.539. The first-order chi connectivity index (χ1) is 13.7. The lowest BCUT2D eigenvalue weighted by atomic mass is 10.1. The summed E-state index contributed by atoms with van der Waals surface area (Å²) >= 11 is 0. The Hall–Kier alpha value is -3.53. The van der Waals surface area contributed by atoms with Crippen LogP contribution in [0.5, 0.6) is 0 Å². The highest BCUT2D eigenvalue weighted by Crippen LogP contribution is 2.31. The van der Waals surface area contributed by atoms with E-state index < -0.39 is 17.6 Å². The first-order valence-corrected chi connectivity index (χ1v) is 8.90. The Morgan fingerprint density at radius 1 is 1.17 bits per heavy atom. The molecule has 0 aliphatic carbocycles. The summed E-state index contributed by atoms with van der Waals surface area (Å²) in [5.74, 6) is -0.770. The van der Waals surface area contributed by atoms with Gasteiger partial charge in [0, 0.05) is 34.4 Å². The number of halogens is 3. The zero-order valence-electron chi connectivity index (χ0n) is 15.8. The van der Waals surface area contributed by atoms with E-state index in [1.165, 1.54) is 18.2 Å². The van der Waals surface area contributed by atoms with Crippen molar-refractivity contribution in [1.82, 2.24) is 4.57 Å². The molecule has 1 aromatic heterocycles. The van der Waals surface area contributed by atoms with Gasteiger partial charge in [-0.05, 0) is 44.2 Å². The topological polar surface area (TPSA) is 57.8 Å². The minimum Gasteiger partial charge on any atom is -0.344 e. The van der Waals surface area contributed by atoms with Gasteiger partial charge >= 0.3 is 6.18 Å². The molecule has 7 heteroatoms. The summed E-state index contributed by atoms with van der Waals surface area (Å²) in [6, 6.07) is 13.9. The number of carbonyl (C=O) groups is 1. The fourth-order valence-corrected chi connectivity index (χ4v) is 3.05. The minimum atomic E-state index is -4.52. The molecule has 148 valence electrons. The number of aromatic nitrogens is 1. The molecule has 0 aliphatic rings. The highest BCUT2D eigenvalue weighted by molar-refractivity contribution is 6.10. The molecule has 29 heavy (non-hydrogen) atoms. The van der Waals surface area contributed by atoms with Crippen molar-refractivity contribution in [3.8, 4) is 6.07 Å². The van der Waals surface area contributed by atoms with E-state index in [9.17, 15) is 23.2 Å². The molecule has 0 spiro atoms. The van der Waals surface area contributed by atoms with E-state index in [0.717, 1.165) is 23.0 Å². The van der Waals surface area contributed by atoms with Gasteiger partial charge in [0.05, 0.1) is 5.56 Å². The molecular weight excluding hydrogens is 379 g/mol. The van der Waals surface area contributed by atoms with E-state index in [1.54, 1.807) is 0 Å². The maximum Gasteiger partial charge on any atom is 0.416 e. The van der Waals surface area contributed by atoms with E-state index in [4.69, 9.17) is 0 Å². The Morgan fingerprint density at radius 3 is 2.55 bits per heavy atom. The number of alkyl halides is 3. The number of benzene rings is 2. The normalized spacial score (nSPS) is 12.2. The van der Waals surface area contributed by atoms with E-state index in [-0.39, 0.29) is 17.3 Å². The molecule has 0 atom stereocenters. The molecule has 4 nitrogen and oxygen atoms in total. The lowest BCUT2D eigenvalue weighted by Gasteiger charge is -2.09. The predicted molar refractivity (Wildman–Crippen MR) is 106 cm³/mol. The molecule has 3 rings (SSSR count). The summed E-state index contributed by atoms with van der Waals surface area (Å²) in [6.07, 6.45) is -1.22. The van der Waals surface area contributed by atoms with E-state index in [0.29, 0.717) is 5.56 Å². The highest BCUT2D eigenvalue weighted by Gasteiger charge is 2.30. The van der Waals surface area contributed by atoms with Crippen LogP contribution in [0.4, 0.5) is 18.9 Å². The number of para-hydroxylation sites is 1. The highest BCUT2D eigenvalue weighted by atomic mass is 19.4. The molecule has 1 N–H and O–H groups in total. The second-order valence-corrected chi connectivity index (χ2v) is 6.81. The molecular formula is C22H18F3N3O. The van der Waals surface area contributed by atoms with E-state index >= 15 is 0 Å². The largest absolute Gasteiger partial charge is 0.416 e. The number of hydrogen-bond donors (Lipinski definition) is 1. The average Bonchev–Trinajstić information content (AvgIpc) is 3.04. The van der Waals surface area contributed by atoms with Crippen LogP contribution < -0.4 is 5.32 Å². The standard InChI is InChI=1S/C22H18F3N3O/c1-14(2)28-13-16(19-8-3-4-9-20(19)28)10-15(12-26)21(29)27-18-7-5-6-17(11-18)22(23,24)25/h3-11,13-14H,1-2H3,(H,27,29)/b15-10-. The Bertz CT molecular complexity index is 1130. The fourth-order valence-electron chi connectivity index (χ4n) is 3.05. The number of nitriles is 1. The van der Waals surface area contributed by atoms with Gasteiger partial charge < -0.3 is 9.88 Å². The van der Waals surface area contributed by atoms with Crippen molar-refractivity contribution in [2.24, 2.45) is 0 Å². The van der Waals surface area contributed by atoms with Crippen molar-refractivity contribution in [3.63, 3.8) is 0 Å². The molecule has 1 heterocycles. The number of nitrogens with zero attached hydrogens (tertiary/aromatic N) is 2. The van der Waals surface area contributed by atoms with Crippen LogP contribution in [0.2, 0.25) is 0 Å². The zero-order chi connectivity index (χ0) is 21.2. The van der Waals surface area contributed by atoms with Gasteiger partial charge in [0.15, 0.2) is 0 Å². The van der Waals surface area contributed by atoms with Crippen molar-refractivity contribution in [2.45, 2.75) is 26.1 Å². The van der Waals surface area contributed by atoms with Gasteiger partial charge in [-0.25, -0.2) is 0 Å². The first-order valence-electron chi connectivity index (χ1n) is 8.90. The van der Waals surface area contributed by atoms with Crippen LogP contribution in [-0.2, 0) is 11.0 Å². The molecule has 0 fully saturated rings. The lowest BCUT2D eigenvalue weighted by Crippen LogP contribution is -2.14. The van der Waals surface area contributed by atoms with E-state index in [2.05, 4.69) is 5.32 Å². The number of nitrogens with one attached hydrogen (secondary N) is 1. The van der Waals surface area contributed by atoms with Crippen molar-refractivity contribution < 1.29 is 18.0 Å². The molecule has 0 saturated carbocycles. The average molecular weight is 397 g/mol. The molecule has 2 aromatic carbocycles. The third-order valence-corrected chi connectivity index (χ3v) is 4.44. The van der Waals surface area contributed by atoms with Crippen LogP contribution in [0.25, 0.3) is 17.0 Å².